The Balaban J connectivity index is 1.74. The van der Waals surface area contributed by atoms with Gasteiger partial charge in [-0.25, -0.2) is 12.8 Å². The Morgan fingerprint density at radius 2 is 2.15 bits per heavy atom. The van der Waals surface area contributed by atoms with Crippen molar-refractivity contribution in [2.24, 2.45) is 0 Å². The highest BCUT2D eigenvalue weighted by atomic mass is 32.2. The Morgan fingerprint density at radius 1 is 1.37 bits per heavy atom. The molecule has 3 rings (SSSR count). The van der Waals surface area contributed by atoms with Crippen LogP contribution in [-0.4, -0.2) is 31.9 Å². The zero-order valence-corrected chi connectivity index (χ0v) is 15.0. The van der Waals surface area contributed by atoms with Crippen molar-refractivity contribution < 1.29 is 26.3 Å². The summed E-state index contributed by atoms with van der Waals surface area (Å²) < 4.78 is 68.5. The number of benzene rings is 1. The highest BCUT2D eigenvalue weighted by molar-refractivity contribution is 7.91. The van der Waals surface area contributed by atoms with E-state index < -0.39 is 28.4 Å². The summed E-state index contributed by atoms with van der Waals surface area (Å²) in [6.45, 7) is -2.86. The number of aryl methyl sites for hydroxylation is 1. The Hall–Kier alpha value is -2.31. The van der Waals surface area contributed by atoms with Crippen molar-refractivity contribution in [3.63, 3.8) is 0 Å². The van der Waals surface area contributed by atoms with Crippen LogP contribution in [0.2, 0.25) is 0 Å². The first kappa shape index (κ1) is 19.5. The van der Waals surface area contributed by atoms with Crippen molar-refractivity contribution in [3.05, 3.63) is 52.6 Å². The summed E-state index contributed by atoms with van der Waals surface area (Å²) in [5.41, 5.74) is 1.55. The number of alkyl halides is 2. The lowest BCUT2D eigenvalue weighted by Gasteiger charge is -2.22. The Bertz CT molecular complexity index is 980. The normalized spacial score (nSPS) is 16.9. The van der Waals surface area contributed by atoms with Crippen molar-refractivity contribution in [2.45, 2.75) is 43.3 Å². The lowest BCUT2D eigenvalue weighted by molar-refractivity contribution is -0.164. The van der Waals surface area contributed by atoms with Crippen LogP contribution in [0.5, 0.6) is 0 Å². The second kappa shape index (κ2) is 7.74. The van der Waals surface area contributed by atoms with E-state index in [9.17, 15) is 21.6 Å². The number of sulfone groups is 1. The summed E-state index contributed by atoms with van der Waals surface area (Å²) in [6, 6.07) is 5.73. The fraction of sp³-hybridized carbons (Fsp3) is 0.389. The smallest absolute Gasteiger partial charge is 0.345 e. The van der Waals surface area contributed by atoms with Gasteiger partial charge in [0.1, 0.15) is 5.82 Å². The van der Waals surface area contributed by atoms with Crippen LogP contribution in [0.25, 0.3) is 0 Å². The first-order valence-corrected chi connectivity index (χ1v) is 9.99. The third-order valence-electron chi connectivity index (χ3n) is 4.64. The average Bonchev–Trinajstić information content (AvgIpc) is 3.04. The van der Waals surface area contributed by atoms with Crippen LogP contribution in [0.3, 0.4) is 0 Å². The van der Waals surface area contributed by atoms with Gasteiger partial charge in [-0.1, -0.05) is 6.07 Å². The molecule has 2 aromatic rings. The predicted molar refractivity (Wildman–Crippen MR) is 90.6 cm³/mol. The molecule has 0 radical (unpaired) electrons. The molecule has 0 aliphatic heterocycles. The number of nitrogens with zero attached hydrogens (tertiary/aromatic N) is 1. The van der Waals surface area contributed by atoms with Gasteiger partial charge in [0.2, 0.25) is 0 Å². The van der Waals surface area contributed by atoms with Gasteiger partial charge in [-0.05, 0) is 42.5 Å². The zero-order valence-electron chi connectivity index (χ0n) is 14.2. The summed E-state index contributed by atoms with van der Waals surface area (Å²) in [7, 11) is -3.68. The van der Waals surface area contributed by atoms with Gasteiger partial charge in [0.25, 0.3) is 0 Å². The van der Waals surface area contributed by atoms with E-state index in [1.54, 1.807) is 0 Å². The lowest BCUT2D eigenvalue weighted by Crippen LogP contribution is -2.25. The number of hydrogen-bond acceptors (Lipinski definition) is 4. The number of fused-ring (bicyclic) bond motifs is 1. The molecule has 9 heteroatoms. The highest BCUT2D eigenvalue weighted by Gasteiger charge is 2.29. The molecule has 0 saturated carbocycles. The van der Waals surface area contributed by atoms with E-state index in [-0.39, 0.29) is 34.6 Å². The molecule has 1 N–H and O–H groups in total. The molecular weight excluding hydrogens is 381 g/mol. The number of halogens is 3. The third kappa shape index (κ3) is 4.34. The highest BCUT2D eigenvalue weighted by Crippen LogP contribution is 2.30. The van der Waals surface area contributed by atoms with Crippen molar-refractivity contribution in [1.82, 2.24) is 4.98 Å². The summed E-state index contributed by atoms with van der Waals surface area (Å²) in [5.74, 6) is -0.913. The van der Waals surface area contributed by atoms with E-state index in [1.165, 1.54) is 18.3 Å². The largest absolute Gasteiger partial charge is 0.363 e. The standard InChI is InChI=1S/C18H17F3N2O3S/c19-15-7-11(9-22)1-2-12(15)5-6-27(24,25)17-10-23-16-8-13(26-18(20)21)3-4-14(16)17/h1-2,7,10,13,18,23H,3-6,8H2. The number of aromatic nitrogens is 1. The van der Waals surface area contributed by atoms with Gasteiger partial charge >= 0.3 is 6.61 Å². The SMILES string of the molecule is N#Cc1ccc(CCS(=O)(=O)c2c[nH]c3c2CCC(OC(F)F)C3)c(F)c1. The van der Waals surface area contributed by atoms with Crippen LogP contribution < -0.4 is 0 Å². The molecule has 144 valence electrons. The first-order chi connectivity index (χ1) is 12.8. The molecule has 1 heterocycles. The van der Waals surface area contributed by atoms with Gasteiger partial charge in [0.05, 0.1) is 28.4 Å². The van der Waals surface area contributed by atoms with E-state index in [0.717, 1.165) is 6.07 Å². The van der Waals surface area contributed by atoms with E-state index >= 15 is 0 Å². The number of ether oxygens (including phenoxy) is 1. The molecule has 0 fully saturated rings. The van der Waals surface area contributed by atoms with Crippen molar-refractivity contribution in [1.29, 1.82) is 5.26 Å². The number of aromatic amines is 1. The molecule has 1 unspecified atom stereocenters. The molecule has 1 aromatic carbocycles. The topological polar surface area (TPSA) is 83.0 Å². The summed E-state index contributed by atoms with van der Waals surface area (Å²) >= 11 is 0. The minimum atomic E-state index is -3.68. The Morgan fingerprint density at radius 3 is 2.81 bits per heavy atom. The van der Waals surface area contributed by atoms with Crippen LogP contribution in [0.4, 0.5) is 13.2 Å². The number of hydrogen-bond donors (Lipinski definition) is 1. The minimum Gasteiger partial charge on any atom is -0.363 e. The van der Waals surface area contributed by atoms with Gasteiger partial charge in [0, 0.05) is 18.3 Å². The number of rotatable bonds is 6. The van der Waals surface area contributed by atoms with Crippen LogP contribution in [-0.2, 0) is 33.8 Å². The molecule has 1 aliphatic rings. The molecule has 1 aromatic heterocycles. The molecule has 0 saturated heterocycles. The van der Waals surface area contributed by atoms with E-state index in [0.29, 0.717) is 24.1 Å². The van der Waals surface area contributed by atoms with Crippen LogP contribution in [0.15, 0.2) is 29.3 Å². The number of nitrogens with one attached hydrogen (secondary N) is 1. The second-order valence-electron chi connectivity index (χ2n) is 6.36. The monoisotopic (exact) mass is 398 g/mol. The first-order valence-electron chi connectivity index (χ1n) is 8.34. The summed E-state index contributed by atoms with van der Waals surface area (Å²) in [4.78, 5) is 2.97. The molecule has 1 aliphatic carbocycles. The zero-order chi connectivity index (χ0) is 19.6. The quantitative estimate of drug-likeness (QED) is 0.810. The van der Waals surface area contributed by atoms with Gasteiger partial charge in [-0.3, -0.25) is 0 Å². The van der Waals surface area contributed by atoms with Crippen molar-refractivity contribution >= 4 is 9.84 Å². The van der Waals surface area contributed by atoms with Crippen LogP contribution in [0, 0.1) is 17.1 Å². The fourth-order valence-electron chi connectivity index (χ4n) is 3.28. The second-order valence-corrected chi connectivity index (χ2v) is 8.44. The molecular formula is C18H17F3N2O3S. The van der Waals surface area contributed by atoms with Gasteiger partial charge in [0.15, 0.2) is 9.84 Å². The average molecular weight is 398 g/mol. The van der Waals surface area contributed by atoms with Gasteiger partial charge in [-0.2, -0.15) is 14.0 Å². The Labute approximate surface area is 154 Å². The molecule has 0 bridgehead atoms. The molecule has 0 spiro atoms. The van der Waals surface area contributed by atoms with E-state index in [2.05, 4.69) is 9.72 Å². The molecule has 5 nitrogen and oxygen atoms in total. The van der Waals surface area contributed by atoms with Crippen LogP contribution >= 0.6 is 0 Å². The molecule has 27 heavy (non-hydrogen) atoms. The maximum absolute atomic E-state index is 13.9. The lowest BCUT2D eigenvalue weighted by atomic mass is 9.95. The molecule has 0 amide bonds. The van der Waals surface area contributed by atoms with Gasteiger partial charge in [-0.15, -0.1) is 0 Å². The fourth-order valence-corrected chi connectivity index (χ4v) is 4.83. The van der Waals surface area contributed by atoms with Crippen molar-refractivity contribution in [3.8, 4) is 6.07 Å². The maximum atomic E-state index is 13.9. The number of nitriles is 1. The van der Waals surface area contributed by atoms with Crippen LogP contribution in [0.1, 0.15) is 28.8 Å². The summed E-state index contributed by atoms with van der Waals surface area (Å²) in [6.07, 6.45) is 1.49. The predicted octanol–water partition coefficient (Wildman–Crippen LogP) is 3.14. The van der Waals surface area contributed by atoms with Gasteiger partial charge < -0.3 is 9.72 Å². The van der Waals surface area contributed by atoms with Crippen molar-refractivity contribution in [2.75, 3.05) is 5.75 Å². The Kier molecular flexibility index (Phi) is 5.58. The number of H-pyrrole nitrogens is 1. The van der Waals surface area contributed by atoms with E-state index in [4.69, 9.17) is 5.26 Å². The maximum Gasteiger partial charge on any atom is 0.345 e. The minimum absolute atomic E-state index is 0.0308. The molecule has 1 atom stereocenters. The van der Waals surface area contributed by atoms with E-state index in [1.807, 2.05) is 6.07 Å². The third-order valence-corrected chi connectivity index (χ3v) is 6.42. The summed E-state index contributed by atoms with van der Waals surface area (Å²) in [5, 5.41) is 8.75.